The molecule has 4 heteroatoms. The number of rotatable bonds is 3. The summed E-state index contributed by atoms with van der Waals surface area (Å²) in [6.45, 7) is 4.24. The van der Waals surface area contributed by atoms with E-state index < -0.39 is 0 Å². The largest absolute Gasteiger partial charge is 0.372 e. The zero-order valence-electron chi connectivity index (χ0n) is 10.2. The lowest BCUT2D eigenvalue weighted by atomic mass is 10.1. The molecule has 17 heavy (non-hydrogen) atoms. The zero-order chi connectivity index (χ0) is 12.3. The molecule has 0 aliphatic rings. The van der Waals surface area contributed by atoms with Gasteiger partial charge in [0, 0.05) is 11.9 Å². The molecule has 0 saturated carbocycles. The van der Waals surface area contributed by atoms with Crippen LogP contribution >= 0.6 is 11.8 Å². The first kappa shape index (κ1) is 11.9. The van der Waals surface area contributed by atoms with Gasteiger partial charge < -0.3 is 5.32 Å². The number of anilines is 1. The molecule has 0 saturated heterocycles. The number of aromatic nitrogens is 2. The number of hydrogen-bond acceptors (Lipinski definition) is 4. The first-order valence-corrected chi connectivity index (χ1v) is 6.25. The van der Waals surface area contributed by atoms with Crippen LogP contribution in [-0.4, -0.2) is 17.0 Å². The van der Waals surface area contributed by atoms with Crippen LogP contribution in [0, 0.1) is 13.8 Å². The van der Waals surface area contributed by atoms with E-state index in [1.165, 1.54) is 16.0 Å². The molecule has 0 amide bonds. The Bertz CT molecular complexity index is 526. The monoisotopic (exact) mass is 245 g/mol. The van der Waals surface area contributed by atoms with Crippen LogP contribution in [0.5, 0.6) is 0 Å². The molecule has 88 valence electrons. The van der Waals surface area contributed by atoms with Gasteiger partial charge in [0.15, 0.2) is 0 Å². The van der Waals surface area contributed by atoms with E-state index in [-0.39, 0.29) is 0 Å². The van der Waals surface area contributed by atoms with E-state index in [0.717, 1.165) is 10.8 Å². The third-order valence-electron chi connectivity index (χ3n) is 2.57. The quantitative estimate of drug-likeness (QED) is 0.900. The van der Waals surface area contributed by atoms with E-state index in [1.54, 1.807) is 24.2 Å². The molecule has 0 unspecified atom stereocenters. The molecule has 0 aliphatic carbocycles. The van der Waals surface area contributed by atoms with Gasteiger partial charge in [-0.05, 0) is 37.1 Å². The summed E-state index contributed by atoms with van der Waals surface area (Å²) in [6.07, 6.45) is 3.49. The SMILES string of the molecule is CNc1cncc(Sc2ccc(C)c(C)c2)n1. The summed E-state index contributed by atoms with van der Waals surface area (Å²) in [6, 6.07) is 6.42. The number of aryl methyl sites for hydroxylation is 2. The highest BCUT2D eigenvalue weighted by Gasteiger charge is 2.02. The third kappa shape index (κ3) is 2.97. The fourth-order valence-corrected chi connectivity index (χ4v) is 2.29. The van der Waals surface area contributed by atoms with Crippen molar-refractivity contribution in [2.24, 2.45) is 0 Å². The molecule has 1 heterocycles. The highest BCUT2D eigenvalue weighted by molar-refractivity contribution is 7.99. The normalized spacial score (nSPS) is 10.3. The van der Waals surface area contributed by atoms with Gasteiger partial charge in [0.2, 0.25) is 0 Å². The second-order valence-electron chi connectivity index (χ2n) is 3.84. The van der Waals surface area contributed by atoms with Gasteiger partial charge >= 0.3 is 0 Å². The molecule has 0 bridgehead atoms. The summed E-state index contributed by atoms with van der Waals surface area (Å²) in [5.74, 6) is 0.791. The van der Waals surface area contributed by atoms with Crippen molar-refractivity contribution in [1.29, 1.82) is 0 Å². The maximum Gasteiger partial charge on any atom is 0.145 e. The maximum atomic E-state index is 4.43. The Balaban J connectivity index is 2.22. The molecule has 1 aromatic carbocycles. The molecule has 0 aliphatic heterocycles. The Hall–Kier alpha value is -1.55. The fraction of sp³-hybridized carbons (Fsp3) is 0.231. The van der Waals surface area contributed by atoms with Gasteiger partial charge in [-0.15, -0.1) is 0 Å². The van der Waals surface area contributed by atoms with Crippen LogP contribution < -0.4 is 5.32 Å². The van der Waals surface area contributed by atoms with Crippen molar-refractivity contribution >= 4 is 17.6 Å². The standard InChI is InChI=1S/C13H15N3S/c1-9-4-5-11(6-10(9)2)17-13-8-15-7-12(14-3)16-13/h4-8H,1-3H3,(H,14,16). The molecule has 0 atom stereocenters. The van der Waals surface area contributed by atoms with Crippen LogP contribution in [0.3, 0.4) is 0 Å². The second kappa shape index (κ2) is 5.19. The predicted octanol–water partition coefficient (Wildman–Crippen LogP) is 3.29. The molecule has 1 N–H and O–H groups in total. The lowest BCUT2D eigenvalue weighted by molar-refractivity contribution is 1.05. The van der Waals surface area contributed by atoms with Gasteiger partial charge in [0.25, 0.3) is 0 Å². The Morgan fingerprint density at radius 2 is 1.94 bits per heavy atom. The summed E-state index contributed by atoms with van der Waals surface area (Å²) in [5.41, 5.74) is 2.61. The Kier molecular flexibility index (Phi) is 3.64. The molecular weight excluding hydrogens is 230 g/mol. The van der Waals surface area contributed by atoms with Crippen molar-refractivity contribution in [2.75, 3.05) is 12.4 Å². The van der Waals surface area contributed by atoms with Crippen LogP contribution in [0.1, 0.15) is 11.1 Å². The summed E-state index contributed by atoms with van der Waals surface area (Å²) in [4.78, 5) is 9.76. The van der Waals surface area contributed by atoms with E-state index in [9.17, 15) is 0 Å². The minimum Gasteiger partial charge on any atom is -0.372 e. The van der Waals surface area contributed by atoms with Crippen molar-refractivity contribution in [3.8, 4) is 0 Å². The van der Waals surface area contributed by atoms with Crippen molar-refractivity contribution < 1.29 is 0 Å². The van der Waals surface area contributed by atoms with E-state index in [1.807, 2.05) is 7.05 Å². The molecule has 3 nitrogen and oxygen atoms in total. The lowest BCUT2D eigenvalue weighted by Crippen LogP contribution is -1.94. The molecule has 1 aromatic heterocycles. The fourth-order valence-electron chi connectivity index (χ4n) is 1.42. The van der Waals surface area contributed by atoms with E-state index in [4.69, 9.17) is 0 Å². The number of nitrogens with one attached hydrogen (secondary N) is 1. The molecular formula is C13H15N3S. The average molecular weight is 245 g/mol. The van der Waals surface area contributed by atoms with Crippen molar-refractivity contribution in [3.63, 3.8) is 0 Å². The summed E-state index contributed by atoms with van der Waals surface area (Å²) in [5, 5.41) is 3.89. The lowest BCUT2D eigenvalue weighted by Gasteiger charge is -2.05. The molecule has 0 fully saturated rings. The van der Waals surface area contributed by atoms with Crippen LogP contribution in [0.25, 0.3) is 0 Å². The van der Waals surface area contributed by atoms with Gasteiger partial charge in [0.1, 0.15) is 10.8 Å². The van der Waals surface area contributed by atoms with Crippen molar-refractivity contribution in [1.82, 2.24) is 9.97 Å². The van der Waals surface area contributed by atoms with Gasteiger partial charge in [-0.1, -0.05) is 17.8 Å². The van der Waals surface area contributed by atoms with Crippen molar-refractivity contribution in [2.45, 2.75) is 23.8 Å². The van der Waals surface area contributed by atoms with Gasteiger partial charge in [-0.2, -0.15) is 0 Å². The number of hydrogen-bond donors (Lipinski definition) is 1. The highest BCUT2D eigenvalue weighted by Crippen LogP contribution is 2.27. The van der Waals surface area contributed by atoms with Gasteiger partial charge in [-0.25, -0.2) is 4.98 Å². The van der Waals surface area contributed by atoms with E-state index in [2.05, 4.69) is 47.3 Å². The predicted molar refractivity (Wildman–Crippen MR) is 71.6 cm³/mol. The zero-order valence-corrected chi connectivity index (χ0v) is 11.0. The molecule has 2 rings (SSSR count). The first-order valence-electron chi connectivity index (χ1n) is 5.44. The maximum absolute atomic E-state index is 4.43. The molecule has 0 spiro atoms. The number of benzene rings is 1. The van der Waals surface area contributed by atoms with Crippen LogP contribution in [0.4, 0.5) is 5.82 Å². The summed E-state index contributed by atoms with van der Waals surface area (Å²) >= 11 is 1.63. The van der Waals surface area contributed by atoms with Crippen LogP contribution in [0.15, 0.2) is 40.5 Å². The highest BCUT2D eigenvalue weighted by atomic mass is 32.2. The third-order valence-corrected chi connectivity index (χ3v) is 3.46. The van der Waals surface area contributed by atoms with Gasteiger partial charge in [0.05, 0.1) is 12.4 Å². The van der Waals surface area contributed by atoms with Gasteiger partial charge in [-0.3, -0.25) is 4.98 Å². The second-order valence-corrected chi connectivity index (χ2v) is 4.93. The van der Waals surface area contributed by atoms with Crippen LogP contribution in [-0.2, 0) is 0 Å². The average Bonchev–Trinajstić information content (AvgIpc) is 2.34. The summed E-state index contributed by atoms with van der Waals surface area (Å²) in [7, 11) is 1.84. The smallest absolute Gasteiger partial charge is 0.145 e. The minimum atomic E-state index is 0.791. The topological polar surface area (TPSA) is 37.8 Å². The van der Waals surface area contributed by atoms with E-state index in [0.29, 0.717) is 0 Å². The number of nitrogens with zero attached hydrogens (tertiary/aromatic N) is 2. The van der Waals surface area contributed by atoms with Crippen LogP contribution in [0.2, 0.25) is 0 Å². The molecule has 0 radical (unpaired) electrons. The van der Waals surface area contributed by atoms with E-state index >= 15 is 0 Å². The minimum absolute atomic E-state index is 0.791. The van der Waals surface area contributed by atoms with Crippen molar-refractivity contribution in [3.05, 3.63) is 41.7 Å². The Morgan fingerprint density at radius 3 is 2.65 bits per heavy atom. The summed E-state index contributed by atoms with van der Waals surface area (Å²) < 4.78 is 0. The Morgan fingerprint density at radius 1 is 1.12 bits per heavy atom. The first-order chi connectivity index (χ1) is 8.19. The Labute approximate surface area is 106 Å². The molecule has 2 aromatic rings.